The second kappa shape index (κ2) is 6.26. The highest BCUT2D eigenvalue weighted by molar-refractivity contribution is 7.89. The molecular formula is C17H26N4O2S. The molecule has 3 atom stereocenters. The first-order valence-corrected chi connectivity index (χ1v) is 10.6. The van der Waals surface area contributed by atoms with Gasteiger partial charge in [-0.15, -0.1) is 5.10 Å². The summed E-state index contributed by atoms with van der Waals surface area (Å²) in [5.41, 5.74) is 0. The molecule has 24 heavy (non-hydrogen) atoms. The number of anilines is 1. The molecule has 6 nitrogen and oxygen atoms in total. The Balaban J connectivity index is 1.49. The van der Waals surface area contributed by atoms with Crippen LogP contribution in [0.1, 0.15) is 38.5 Å². The Labute approximate surface area is 144 Å². The quantitative estimate of drug-likeness (QED) is 0.830. The first-order chi connectivity index (χ1) is 11.6. The van der Waals surface area contributed by atoms with Gasteiger partial charge in [0, 0.05) is 32.4 Å². The molecule has 0 radical (unpaired) electrons. The normalized spacial score (nSPS) is 31.5. The van der Waals surface area contributed by atoms with Crippen molar-refractivity contribution in [2.75, 3.05) is 25.0 Å². The molecular weight excluding hydrogens is 324 g/mol. The molecule has 132 valence electrons. The first kappa shape index (κ1) is 16.3. The molecule has 1 aromatic rings. The molecule has 0 aromatic carbocycles. The summed E-state index contributed by atoms with van der Waals surface area (Å²) in [6.45, 7) is 1.40. The van der Waals surface area contributed by atoms with Crippen LogP contribution in [0.25, 0.3) is 0 Å². The van der Waals surface area contributed by atoms with E-state index in [1.165, 1.54) is 0 Å². The molecule has 0 bridgehead atoms. The summed E-state index contributed by atoms with van der Waals surface area (Å²) in [6.07, 6.45) is 7.70. The monoisotopic (exact) mass is 350 g/mol. The molecule has 0 amide bonds. The van der Waals surface area contributed by atoms with Crippen molar-refractivity contribution in [2.45, 2.75) is 49.8 Å². The van der Waals surface area contributed by atoms with E-state index in [0.29, 0.717) is 31.0 Å². The van der Waals surface area contributed by atoms with E-state index < -0.39 is 10.0 Å². The van der Waals surface area contributed by atoms with Crippen molar-refractivity contribution < 1.29 is 8.42 Å². The number of sulfonamides is 1. The molecule has 2 aliphatic carbocycles. The third kappa shape index (κ3) is 2.71. The van der Waals surface area contributed by atoms with Crippen LogP contribution in [-0.2, 0) is 10.0 Å². The van der Waals surface area contributed by atoms with Crippen LogP contribution in [0.3, 0.4) is 0 Å². The minimum Gasteiger partial charge on any atom is -0.355 e. The van der Waals surface area contributed by atoms with Gasteiger partial charge in [0.2, 0.25) is 10.0 Å². The Hall–Kier alpha value is -1.21. The molecule has 0 N–H and O–H groups in total. The number of hydrogen-bond acceptors (Lipinski definition) is 5. The zero-order valence-corrected chi connectivity index (χ0v) is 15.0. The van der Waals surface area contributed by atoms with Crippen LogP contribution in [0.2, 0.25) is 0 Å². The van der Waals surface area contributed by atoms with Gasteiger partial charge in [0.15, 0.2) is 5.82 Å². The van der Waals surface area contributed by atoms with Gasteiger partial charge in [-0.3, -0.25) is 0 Å². The van der Waals surface area contributed by atoms with Crippen LogP contribution in [0.15, 0.2) is 18.3 Å². The summed E-state index contributed by atoms with van der Waals surface area (Å²) in [5.74, 6) is 1.78. The second-order valence-corrected chi connectivity index (χ2v) is 9.74. The summed E-state index contributed by atoms with van der Waals surface area (Å²) in [6, 6.07) is 4.23. The maximum Gasteiger partial charge on any atom is 0.216 e. The lowest BCUT2D eigenvalue weighted by Crippen LogP contribution is -2.40. The maximum absolute atomic E-state index is 12.9. The fourth-order valence-electron chi connectivity index (χ4n) is 4.93. The Morgan fingerprint density at radius 2 is 1.96 bits per heavy atom. The number of fused-ring (bicyclic) bond motifs is 1. The molecule has 3 fully saturated rings. The van der Waals surface area contributed by atoms with E-state index in [1.807, 2.05) is 12.1 Å². The minimum atomic E-state index is -3.11. The van der Waals surface area contributed by atoms with Crippen molar-refractivity contribution in [3.8, 4) is 0 Å². The predicted molar refractivity (Wildman–Crippen MR) is 93.2 cm³/mol. The van der Waals surface area contributed by atoms with E-state index in [0.717, 1.165) is 44.3 Å². The lowest BCUT2D eigenvalue weighted by molar-refractivity contribution is 0.412. The summed E-state index contributed by atoms with van der Waals surface area (Å²) < 4.78 is 27.6. The van der Waals surface area contributed by atoms with E-state index >= 15 is 0 Å². The lowest BCUT2D eigenvalue weighted by Gasteiger charge is -2.30. The number of rotatable bonds is 4. The van der Waals surface area contributed by atoms with Gasteiger partial charge in [-0.1, -0.05) is 12.8 Å². The van der Waals surface area contributed by atoms with Crippen molar-refractivity contribution in [2.24, 2.45) is 11.8 Å². The van der Waals surface area contributed by atoms with Gasteiger partial charge in [-0.25, -0.2) is 12.7 Å². The van der Waals surface area contributed by atoms with Crippen LogP contribution >= 0.6 is 0 Å². The second-order valence-electron chi connectivity index (χ2n) is 7.53. The summed E-state index contributed by atoms with van der Waals surface area (Å²) >= 11 is 0. The number of hydrogen-bond donors (Lipinski definition) is 0. The SMILES string of the molecule is CN(c1cccnn1)[C@@H]1CC[C@@H]2CN(S(=O)(=O)C3CCCC3)C[C@@H]21. The lowest BCUT2D eigenvalue weighted by atomic mass is 9.97. The summed E-state index contributed by atoms with van der Waals surface area (Å²) in [4.78, 5) is 2.20. The van der Waals surface area contributed by atoms with Gasteiger partial charge < -0.3 is 4.90 Å². The highest BCUT2D eigenvalue weighted by Gasteiger charge is 2.49. The van der Waals surface area contributed by atoms with Gasteiger partial charge in [0.05, 0.1) is 5.25 Å². The summed E-state index contributed by atoms with van der Waals surface area (Å²) in [5, 5.41) is 8.05. The molecule has 7 heteroatoms. The predicted octanol–water partition coefficient (Wildman–Crippen LogP) is 1.90. The summed E-state index contributed by atoms with van der Waals surface area (Å²) in [7, 11) is -1.05. The molecule has 3 aliphatic rings. The van der Waals surface area contributed by atoms with Gasteiger partial charge in [0.25, 0.3) is 0 Å². The van der Waals surface area contributed by atoms with Crippen molar-refractivity contribution in [3.05, 3.63) is 18.3 Å². The Morgan fingerprint density at radius 3 is 2.67 bits per heavy atom. The van der Waals surface area contributed by atoms with Crippen LogP contribution in [0.4, 0.5) is 5.82 Å². The van der Waals surface area contributed by atoms with Crippen molar-refractivity contribution in [1.82, 2.24) is 14.5 Å². The van der Waals surface area contributed by atoms with Crippen molar-refractivity contribution in [1.29, 1.82) is 0 Å². The maximum atomic E-state index is 12.9. The van der Waals surface area contributed by atoms with E-state index in [2.05, 4.69) is 22.1 Å². The number of nitrogens with zero attached hydrogens (tertiary/aromatic N) is 4. The minimum absolute atomic E-state index is 0.132. The van der Waals surface area contributed by atoms with Crippen LogP contribution < -0.4 is 4.90 Å². The highest BCUT2D eigenvalue weighted by Crippen LogP contribution is 2.43. The highest BCUT2D eigenvalue weighted by atomic mass is 32.2. The average Bonchev–Trinajstić information content (AvgIpc) is 3.31. The number of aromatic nitrogens is 2. The van der Waals surface area contributed by atoms with Crippen LogP contribution in [0, 0.1) is 11.8 Å². The van der Waals surface area contributed by atoms with Crippen LogP contribution in [0.5, 0.6) is 0 Å². The molecule has 0 unspecified atom stereocenters. The molecule has 4 rings (SSSR count). The molecule has 1 saturated heterocycles. The topological polar surface area (TPSA) is 66.4 Å². The van der Waals surface area contributed by atoms with E-state index in [4.69, 9.17) is 0 Å². The Kier molecular flexibility index (Phi) is 4.24. The van der Waals surface area contributed by atoms with E-state index in [-0.39, 0.29) is 5.25 Å². The third-order valence-corrected chi connectivity index (χ3v) is 8.62. The Morgan fingerprint density at radius 1 is 1.17 bits per heavy atom. The van der Waals surface area contributed by atoms with Gasteiger partial charge >= 0.3 is 0 Å². The molecule has 2 heterocycles. The molecule has 2 saturated carbocycles. The first-order valence-electron chi connectivity index (χ1n) is 9.07. The van der Waals surface area contributed by atoms with Crippen molar-refractivity contribution >= 4 is 15.8 Å². The zero-order chi connectivity index (χ0) is 16.7. The fraction of sp³-hybridized carbons (Fsp3) is 0.765. The molecule has 0 spiro atoms. The largest absolute Gasteiger partial charge is 0.355 e. The van der Waals surface area contributed by atoms with E-state index in [1.54, 1.807) is 10.5 Å². The van der Waals surface area contributed by atoms with Gasteiger partial charge in [-0.05, 0) is 49.7 Å². The van der Waals surface area contributed by atoms with Crippen LogP contribution in [-0.4, -0.2) is 54.3 Å². The van der Waals surface area contributed by atoms with Gasteiger partial charge in [0.1, 0.15) is 0 Å². The standard InChI is InChI=1S/C17H26N4O2S/c1-20(17-7-4-10-18-19-17)16-9-8-13-11-21(12-15(13)16)24(22,23)14-5-2-3-6-14/h4,7,10,13-16H,2-3,5-6,8-9,11-12H2,1H3/t13-,15+,16-/m1/s1. The smallest absolute Gasteiger partial charge is 0.216 e. The molecule has 1 aliphatic heterocycles. The van der Waals surface area contributed by atoms with E-state index in [9.17, 15) is 8.42 Å². The Bertz CT molecular complexity index is 675. The third-order valence-electron chi connectivity index (χ3n) is 6.29. The van der Waals surface area contributed by atoms with Gasteiger partial charge in [-0.2, -0.15) is 5.10 Å². The zero-order valence-electron chi connectivity index (χ0n) is 14.2. The average molecular weight is 350 g/mol. The molecule has 1 aromatic heterocycles. The fourth-order valence-corrected chi connectivity index (χ4v) is 7.06. The van der Waals surface area contributed by atoms with Crippen molar-refractivity contribution in [3.63, 3.8) is 0 Å².